The summed E-state index contributed by atoms with van der Waals surface area (Å²) in [6, 6.07) is 3.66. The molecule has 1 unspecified atom stereocenters. The third-order valence-corrected chi connectivity index (χ3v) is 3.17. The van der Waals surface area contributed by atoms with Gasteiger partial charge in [0.25, 0.3) is 5.91 Å². The largest absolute Gasteiger partial charge is 0.360 e. The minimum atomic E-state index is -0.163. The summed E-state index contributed by atoms with van der Waals surface area (Å²) >= 11 is 0. The molecule has 0 aliphatic heterocycles. The van der Waals surface area contributed by atoms with E-state index < -0.39 is 0 Å². The van der Waals surface area contributed by atoms with Crippen molar-refractivity contribution in [1.29, 1.82) is 0 Å². The van der Waals surface area contributed by atoms with E-state index in [9.17, 15) is 4.79 Å². The van der Waals surface area contributed by atoms with Crippen molar-refractivity contribution in [3.8, 4) is 0 Å². The van der Waals surface area contributed by atoms with Gasteiger partial charge in [-0.1, -0.05) is 25.1 Å². The molecule has 20 heavy (non-hydrogen) atoms. The predicted octanol–water partition coefficient (Wildman–Crippen LogP) is 2.99. The molecule has 1 atom stereocenters. The van der Waals surface area contributed by atoms with Crippen LogP contribution in [0, 0.1) is 6.92 Å². The highest BCUT2D eigenvalue weighted by Crippen LogP contribution is 2.23. The second kappa shape index (κ2) is 5.86. The van der Waals surface area contributed by atoms with Crippen LogP contribution >= 0.6 is 0 Å². The molecule has 0 aliphatic rings. The maximum atomic E-state index is 12.4. The van der Waals surface area contributed by atoms with Gasteiger partial charge in [0.15, 0.2) is 5.76 Å². The Morgan fingerprint density at radius 1 is 1.35 bits per heavy atom. The summed E-state index contributed by atoms with van der Waals surface area (Å²) < 4.78 is 5.24. The summed E-state index contributed by atoms with van der Waals surface area (Å²) in [5.74, 6) is 0.577. The fourth-order valence-electron chi connectivity index (χ4n) is 2.04. The van der Waals surface area contributed by atoms with Crippen LogP contribution in [0.15, 0.2) is 29.0 Å². The number of aryl methyl sites for hydroxylation is 1. The Bertz CT molecular complexity index is 590. The van der Waals surface area contributed by atoms with Crippen LogP contribution in [-0.2, 0) is 0 Å². The fraction of sp³-hybridized carbons (Fsp3) is 0.400. The number of hydrogen-bond donors (Lipinski definition) is 1. The van der Waals surface area contributed by atoms with Crippen LogP contribution in [0.2, 0.25) is 0 Å². The molecule has 2 aromatic rings. The number of amides is 1. The maximum absolute atomic E-state index is 12.4. The van der Waals surface area contributed by atoms with Crippen LogP contribution < -0.4 is 5.32 Å². The number of rotatable bonds is 4. The number of hydrogen-bond acceptors (Lipinski definition) is 4. The summed E-state index contributed by atoms with van der Waals surface area (Å²) in [6.45, 7) is 7.65. The van der Waals surface area contributed by atoms with Gasteiger partial charge >= 0.3 is 0 Å². The van der Waals surface area contributed by atoms with Gasteiger partial charge in [-0.15, -0.1) is 0 Å². The van der Waals surface area contributed by atoms with Gasteiger partial charge in [0.1, 0.15) is 5.56 Å². The molecular formula is C15H19N3O2. The van der Waals surface area contributed by atoms with Crippen LogP contribution in [0.25, 0.3) is 0 Å². The Labute approximate surface area is 118 Å². The highest BCUT2D eigenvalue weighted by atomic mass is 16.5. The van der Waals surface area contributed by atoms with E-state index >= 15 is 0 Å². The second-order valence-corrected chi connectivity index (χ2v) is 5.14. The van der Waals surface area contributed by atoms with E-state index in [2.05, 4.69) is 15.5 Å². The van der Waals surface area contributed by atoms with E-state index in [-0.39, 0.29) is 17.9 Å². The molecule has 5 nitrogen and oxygen atoms in total. The zero-order valence-corrected chi connectivity index (χ0v) is 12.2. The molecule has 2 heterocycles. The lowest BCUT2D eigenvalue weighted by molar-refractivity contribution is 0.0936. The topological polar surface area (TPSA) is 68.0 Å². The van der Waals surface area contributed by atoms with E-state index in [1.54, 1.807) is 19.3 Å². The first-order valence-electron chi connectivity index (χ1n) is 6.67. The molecule has 0 saturated heterocycles. The molecule has 106 valence electrons. The first-order chi connectivity index (χ1) is 9.50. The first-order valence-corrected chi connectivity index (χ1v) is 6.67. The molecule has 0 aliphatic carbocycles. The lowest BCUT2D eigenvalue weighted by Crippen LogP contribution is -2.27. The summed E-state index contributed by atoms with van der Waals surface area (Å²) in [4.78, 5) is 16.5. The number of aromatic nitrogens is 2. The van der Waals surface area contributed by atoms with Crippen molar-refractivity contribution in [2.24, 2.45) is 0 Å². The third kappa shape index (κ3) is 2.87. The molecule has 0 bridgehead atoms. The van der Waals surface area contributed by atoms with Gasteiger partial charge in [0.05, 0.1) is 11.7 Å². The molecule has 1 amide bonds. The van der Waals surface area contributed by atoms with E-state index in [4.69, 9.17) is 4.52 Å². The Morgan fingerprint density at radius 2 is 2.10 bits per heavy atom. The minimum absolute atomic E-state index is 0.116. The van der Waals surface area contributed by atoms with Crippen molar-refractivity contribution in [3.05, 3.63) is 47.1 Å². The number of nitrogens with zero attached hydrogens (tertiary/aromatic N) is 2. The van der Waals surface area contributed by atoms with Crippen molar-refractivity contribution in [1.82, 2.24) is 15.5 Å². The number of carbonyl (C=O) groups excluding carboxylic acids is 1. The molecule has 0 spiro atoms. The van der Waals surface area contributed by atoms with E-state index in [0.717, 1.165) is 5.56 Å². The van der Waals surface area contributed by atoms with Gasteiger partial charge in [-0.25, -0.2) is 0 Å². The third-order valence-electron chi connectivity index (χ3n) is 3.17. The summed E-state index contributed by atoms with van der Waals surface area (Å²) in [5.41, 5.74) is 2.11. The predicted molar refractivity (Wildman–Crippen MR) is 75.4 cm³/mol. The molecular weight excluding hydrogens is 254 g/mol. The van der Waals surface area contributed by atoms with Crippen LogP contribution in [0.4, 0.5) is 0 Å². The minimum Gasteiger partial charge on any atom is -0.360 e. The van der Waals surface area contributed by atoms with Crippen molar-refractivity contribution >= 4 is 5.91 Å². The molecule has 0 aromatic carbocycles. The summed E-state index contributed by atoms with van der Waals surface area (Å²) in [5, 5.41) is 6.85. The zero-order valence-electron chi connectivity index (χ0n) is 12.2. The summed E-state index contributed by atoms with van der Waals surface area (Å²) in [7, 11) is 0. The van der Waals surface area contributed by atoms with Gasteiger partial charge in [-0.05, 0) is 25.5 Å². The standard InChI is InChI=1S/C15H19N3O2/c1-9(2)14-13(11(4)18-20-14)15(19)17-10(3)12-6-5-7-16-8-12/h5-10H,1-4H3,(H,17,19). The normalized spacial score (nSPS) is 12.4. The SMILES string of the molecule is Cc1noc(C(C)C)c1C(=O)NC(C)c1cccnc1. The monoisotopic (exact) mass is 273 g/mol. The van der Waals surface area contributed by atoms with Crippen LogP contribution in [0.5, 0.6) is 0 Å². The van der Waals surface area contributed by atoms with Crippen LogP contribution in [0.3, 0.4) is 0 Å². The molecule has 0 fully saturated rings. The first kappa shape index (κ1) is 14.2. The Morgan fingerprint density at radius 3 is 2.70 bits per heavy atom. The Kier molecular flexibility index (Phi) is 4.17. The fourth-order valence-corrected chi connectivity index (χ4v) is 2.04. The van der Waals surface area contributed by atoms with Crippen molar-refractivity contribution in [2.45, 2.75) is 39.7 Å². The van der Waals surface area contributed by atoms with E-state index in [0.29, 0.717) is 17.0 Å². The number of nitrogens with one attached hydrogen (secondary N) is 1. The average molecular weight is 273 g/mol. The summed E-state index contributed by atoms with van der Waals surface area (Å²) in [6.07, 6.45) is 3.45. The van der Waals surface area contributed by atoms with Crippen molar-refractivity contribution in [3.63, 3.8) is 0 Å². The zero-order chi connectivity index (χ0) is 14.7. The van der Waals surface area contributed by atoms with Crippen molar-refractivity contribution < 1.29 is 9.32 Å². The lowest BCUT2D eigenvalue weighted by atomic mass is 10.0. The molecule has 2 rings (SSSR count). The average Bonchev–Trinajstić information content (AvgIpc) is 2.81. The number of pyridine rings is 1. The highest BCUT2D eigenvalue weighted by Gasteiger charge is 2.23. The maximum Gasteiger partial charge on any atom is 0.257 e. The lowest BCUT2D eigenvalue weighted by Gasteiger charge is -2.14. The van der Waals surface area contributed by atoms with Gasteiger partial charge in [0.2, 0.25) is 0 Å². The van der Waals surface area contributed by atoms with E-state index in [1.165, 1.54) is 0 Å². The van der Waals surface area contributed by atoms with Gasteiger partial charge in [-0.2, -0.15) is 0 Å². The molecule has 2 aromatic heterocycles. The van der Waals surface area contributed by atoms with Crippen LogP contribution in [0.1, 0.15) is 60.1 Å². The number of carbonyl (C=O) groups is 1. The molecule has 1 N–H and O–H groups in total. The smallest absolute Gasteiger partial charge is 0.257 e. The molecule has 0 radical (unpaired) electrons. The van der Waals surface area contributed by atoms with Gasteiger partial charge in [-0.3, -0.25) is 9.78 Å². The Balaban J connectivity index is 2.19. The van der Waals surface area contributed by atoms with E-state index in [1.807, 2.05) is 32.9 Å². The van der Waals surface area contributed by atoms with Gasteiger partial charge < -0.3 is 9.84 Å². The second-order valence-electron chi connectivity index (χ2n) is 5.14. The molecule has 0 saturated carbocycles. The quantitative estimate of drug-likeness (QED) is 0.929. The van der Waals surface area contributed by atoms with Gasteiger partial charge in [0, 0.05) is 18.3 Å². The molecule has 5 heteroatoms. The van der Waals surface area contributed by atoms with Crippen molar-refractivity contribution in [2.75, 3.05) is 0 Å². The highest BCUT2D eigenvalue weighted by molar-refractivity contribution is 5.96. The van der Waals surface area contributed by atoms with Crippen LogP contribution in [-0.4, -0.2) is 16.0 Å². The Hall–Kier alpha value is -2.17.